The smallest absolute Gasteiger partial charge is 0.443 e. The molecule has 0 radical (unpaired) electrons. The van der Waals surface area contributed by atoms with Crippen LogP contribution in [0.25, 0.3) is 0 Å². The number of hydrogen-bond donors (Lipinski definition) is 2. The molecular formula is C16H15F17N2O3. The molecule has 0 aliphatic heterocycles. The molecule has 226 valence electrons. The molecule has 0 aliphatic rings. The van der Waals surface area contributed by atoms with E-state index in [1.807, 2.05) is 0 Å². The second-order valence-electron chi connectivity index (χ2n) is 8.32. The quantitative estimate of drug-likeness (QED) is 0.238. The average molecular weight is 606 g/mol. The van der Waals surface area contributed by atoms with Crippen molar-refractivity contribution in [1.29, 1.82) is 0 Å². The fourth-order valence-electron chi connectivity index (χ4n) is 2.11. The van der Waals surface area contributed by atoms with Crippen molar-refractivity contribution in [3.8, 4) is 0 Å². The van der Waals surface area contributed by atoms with Crippen molar-refractivity contribution in [2.45, 2.75) is 86.8 Å². The molecule has 2 N–H and O–H groups in total. The molecule has 2 amide bonds. The van der Waals surface area contributed by atoms with Gasteiger partial charge in [0.05, 0.1) is 0 Å². The molecule has 0 aromatic heterocycles. The largest absolute Gasteiger partial charge is 0.460 e. The summed E-state index contributed by atoms with van der Waals surface area (Å²) >= 11 is 0. The van der Waals surface area contributed by atoms with Crippen LogP contribution in [-0.4, -0.2) is 65.2 Å². The standard InChI is InChI=1S/C16H15F17N2O3/c1-8(2,3)38-7(37)35-34-6(36)4-5-9(17,18)10(19,20)11(21,22)12(23,24)13(25,26)14(27,28)15(29,30)16(31,32)33/h4-5H2,1-3H3,(H,34,36)(H,35,37). The molecule has 0 atom stereocenters. The highest BCUT2D eigenvalue weighted by molar-refractivity contribution is 5.79. The van der Waals surface area contributed by atoms with Crippen LogP contribution in [0.5, 0.6) is 0 Å². The highest BCUT2D eigenvalue weighted by Crippen LogP contribution is 2.64. The molecule has 38 heavy (non-hydrogen) atoms. The molecule has 0 fully saturated rings. The van der Waals surface area contributed by atoms with Gasteiger partial charge in [-0.15, -0.1) is 0 Å². The third-order valence-corrected chi connectivity index (χ3v) is 4.16. The third kappa shape index (κ3) is 6.07. The summed E-state index contributed by atoms with van der Waals surface area (Å²) < 4.78 is 228. The summed E-state index contributed by atoms with van der Waals surface area (Å²) in [6.45, 7) is 3.82. The maximum atomic E-state index is 13.7. The van der Waals surface area contributed by atoms with Crippen LogP contribution in [-0.2, 0) is 9.53 Å². The van der Waals surface area contributed by atoms with Gasteiger partial charge >= 0.3 is 53.7 Å². The Balaban J connectivity index is 6.02. The van der Waals surface area contributed by atoms with E-state index >= 15 is 0 Å². The number of nitrogens with one attached hydrogen (secondary N) is 2. The van der Waals surface area contributed by atoms with E-state index in [4.69, 9.17) is 0 Å². The van der Waals surface area contributed by atoms with Gasteiger partial charge in [0.15, 0.2) is 0 Å². The summed E-state index contributed by atoms with van der Waals surface area (Å²) in [6.07, 6.45) is -14.4. The number of alkyl halides is 17. The van der Waals surface area contributed by atoms with Crippen LogP contribution in [0.4, 0.5) is 79.4 Å². The van der Waals surface area contributed by atoms with Crippen molar-refractivity contribution in [2.75, 3.05) is 0 Å². The van der Waals surface area contributed by atoms with Crippen LogP contribution in [0, 0.1) is 0 Å². The Morgan fingerprint density at radius 2 is 0.895 bits per heavy atom. The van der Waals surface area contributed by atoms with Crippen LogP contribution in [0.1, 0.15) is 33.6 Å². The van der Waals surface area contributed by atoms with Gasteiger partial charge in [0.1, 0.15) is 5.60 Å². The number of carbonyl (C=O) groups excluding carboxylic acids is 2. The van der Waals surface area contributed by atoms with Gasteiger partial charge in [-0.05, 0) is 20.8 Å². The Labute approximate surface area is 200 Å². The highest BCUT2D eigenvalue weighted by atomic mass is 19.4. The van der Waals surface area contributed by atoms with Gasteiger partial charge in [-0.1, -0.05) is 0 Å². The van der Waals surface area contributed by atoms with E-state index in [-0.39, 0.29) is 0 Å². The molecule has 0 spiro atoms. The second kappa shape index (κ2) is 9.94. The molecule has 0 saturated carbocycles. The van der Waals surface area contributed by atoms with E-state index in [9.17, 15) is 84.2 Å². The summed E-state index contributed by atoms with van der Waals surface area (Å²) in [6, 6.07) is 0. The van der Waals surface area contributed by atoms with E-state index in [1.165, 1.54) is 31.6 Å². The SMILES string of the molecule is CC(C)(C)OC(=O)NNC(=O)CCC(F)(F)C(F)(F)C(F)(F)C(F)(F)C(F)(F)C(F)(F)C(F)(F)C(F)(F)F. The van der Waals surface area contributed by atoms with Crippen LogP contribution < -0.4 is 10.9 Å². The topological polar surface area (TPSA) is 67.4 Å². The first-order valence-corrected chi connectivity index (χ1v) is 9.24. The monoisotopic (exact) mass is 606 g/mol. The lowest BCUT2D eigenvalue weighted by molar-refractivity contribution is -0.461. The van der Waals surface area contributed by atoms with Crippen molar-refractivity contribution in [2.24, 2.45) is 0 Å². The van der Waals surface area contributed by atoms with Crippen molar-refractivity contribution in [3.05, 3.63) is 0 Å². The lowest BCUT2D eigenvalue weighted by Crippen LogP contribution is -2.74. The van der Waals surface area contributed by atoms with Crippen molar-refractivity contribution >= 4 is 12.0 Å². The van der Waals surface area contributed by atoms with Gasteiger partial charge in [-0.3, -0.25) is 10.2 Å². The van der Waals surface area contributed by atoms with E-state index in [0.717, 1.165) is 0 Å². The van der Waals surface area contributed by atoms with Crippen LogP contribution in [0.2, 0.25) is 0 Å². The summed E-state index contributed by atoms with van der Waals surface area (Å²) in [5.74, 6) is -59.2. The van der Waals surface area contributed by atoms with Gasteiger partial charge in [0.2, 0.25) is 5.91 Å². The maximum absolute atomic E-state index is 13.7. The molecule has 0 heterocycles. The minimum absolute atomic E-state index is 1.19. The Bertz CT molecular complexity index is 877. The third-order valence-electron chi connectivity index (χ3n) is 4.16. The molecule has 0 bridgehead atoms. The highest BCUT2D eigenvalue weighted by Gasteiger charge is 2.95. The zero-order valence-corrected chi connectivity index (χ0v) is 18.6. The van der Waals surface area contributed by atoms with Crippen molar-refractivity contribution in [3.63, 3.8) is 0 Å². The number of carbonyl (C=O) groups is 2. The first-order valence-electron chi connectivity index (χ1n) is 9.24. The van der Waals surface area contributed by atoms with Crippen LogP contribution in [0.3, 0.4) is 0 Å². The average Bonchev–Trinajstić information content (AvgIpc) is 2.67. The Hall–Kier alpha value is -2.45. The molecule has 0 aromatic rings. The second-order valence-corrected chi connectivity index (χ2v) is 8.32. The van der Waals surface area contributed by atoms with Gasteiger partial charge < -0.3 is 4.74 Å². The zero-order chi connectivity index (χ0) is 31.2. The fourth-order valence-corrected chi connectivity index (χ4v) is 2.11. The Kier molecular flexibility index (Phi) is 9.30. The predicted octanol–water partition coefficient (Wildman–Crippen LogP) is 6.33. The number of amides is 2. The Morgan fingerprint density at radius 3 is 1.24 bits per heavy atom. The van der Waals surface area contributed by atoms with E-state index in [1.54, 1.807) is 0 Å². The first-order chi connectivity index (χ1) is 16.2. The summed E-state index contributed by atoms with van der Waals surface area (Å²) in [5, 5.41) is 0. The lowest BCUT2D eigenvalue weighted by Gasteiger charge is -2.42. The fraction of sp³-hybridized carbons (Fsp3) is 0.875. The van der Waals surface area contributed by atoms with E-state index in [0.29, 0.717) is 0 Å². The van der Waals surface area contributed by atoms with Crippen LogP contribution >= 0.6 is 0 Å². The van der Waals surface area contributed by atoms with E-state index in [2.05, 4.69) is 4.74 Å². The van der Waals surface area contributed by atoms with Crippen molar-refractivity contribution < 1.29 is 89.0 Å². The van der Waals surface area contributed by atoms with Gasteiger partial charge in [-0.2, -0.15) is 74.6 Å². The number of rotatable bonds is 9. The maximum Gasteiger partial charge on any atom is 0.460 e. The van der Waals surface area contributed by atoms with Crippen LogP contribution in [0.15, 0.2) is 0 Å². The molecule has 22 heteroatoms. The van der Waals surface area contributed by atoms with E-state index < -0.39 is 78.1 Å². The minimum atomic E-state index is -8.73. The minimum Gasteiger partial charge on any atom is -0.443 e. The molecule has 0 unspecified atom stereocenters. The molecule has 0 saturated heterocycles. The zero-order valence-electron chi connectivity index (χ0n) is 18.6. The summed E-state index contributed by atoms with van der Waals surface area (Å²) in [4.78, 5) is 22.5. The summed E-state index contributed by atoms with van der Waals surface area (Å²) in [5.41, 5.74) is 1.29. The summed E-state index contributed by atoms with van der Waals surface area (Å²) in [7, 11) is 0. The lowest BCUT2D eigenvalue weighted by atomic mass is 9.88. The number of ether oxygens (including phenoxy) is 1. The normalized spacial score (nSPS) is 15.3. The predicted molar refractivity (Wildman–Crippen MR) is 87.4 cm³/mol. The molecule has 0 aliphatic carbocycles. The molecule has 0 rings (SSSR count). The van der Waals surface area contributed by atoms with Gasteiger partial charge in [0.25, 0.3) is 0 Å². The van der Waals surface area contributed by atoms with Gasteiger partial charge in [0, 0.05) is 12.8 Å². The molecule has 5 nitrogen and oxygen atoms in total. The van der Waals surface area contributed by atoms with Crippen molar-refractivity contribution in [1.82, 2.24) is 10.9 Å². The first kappa shape index (κ1) is 35.5. The number of hydrogen-bond acceptors (Lipinski definition) is 3. The number of hydrazine groups is 1. The molecular weight excluding hydrogens is 591 g/mol. The Morgan fingerprint density at radius 1 is 0.553 bits per heavy atom. The number of halogens is 17. The molecule has 0 aromatic carbocycles. The van der Waals surface area contributed by atoms with Gasteiger partial charge in [-0.25, -0.2) is 10.2 Å².